The molecule has 1 aromatic rings. The Bertz CT molecular complexity index is 493. The van der Waals surface area contributed by atoms with Crippen LogP contribution in [-0.4, -0.2) is 44.0 Å². The van der Waals surface area contributed by atoms with Gasteiger partial charge in [0.25, 0.3) is 5.91 Å². The van der Waals surface area contributed by atoms with E-state index in [-0.39, 0.29) is 11.9 Å². The second-order valence-corrected chi connectivity index (χ2v) is 4.65. The summed E-state index contributed by atoms with van der Waals surface area (Å²) in [4.78, 5) is 24.6. The number of nitrogens with two attached hydrogens (primary N) is 1. The molecular formula is C12H18ClN5O2. The molecule has 0 radical (unpaired) electrons. The molecule has 0 bridgehead atoms. The van der Waals surface area contributed by atoms with E-state index in [0.717, 1.165) is 0 Å². The van der Waals surface area contributed by atoms with E-state index in [2.05, 4.69) is 16.1 Å². The number of anilines is 1. The summed E-state index contributed by atoms with van der Waals surface area (Å²) in [5.74, 6) is 5.01. The van der Waals surface area contributed by atoms with E-state index < -0.39 is 0 Å². The molecule has 0 unspecified atom stereocenters. The van der Waals surface area contributed by atoms with Crippen molar-refractivity contribution in [2.24, 2.45) is 5.84 Å². The van der Waals surface area contributed by atoms with E-state index in [9.17, 15) is 9.59 Å². The van der Waals surface area contributed by atoms with Crippen molar-refractivity contribution in [1.29, 1.82) is 0 Å². The predicted octanol–water partition coefficient (Wildman–Crippen LogP) is 0.627. The maximum absolute atomic E-state index is 12.0. The van der Waals surface area contributed by atoms with Crippen LogP contribution in [0.4, 0.5) is 10.5 Å². The van der Waals surface area contributed by atoms with Crippen molar-refractivity contribution in [1.82, 2.24) is 15.5 Å². The SMILES string of the molecule is CN(C)C(=O)NCCNC(=O)c1cc(Cl)ccc1NN. The molecule has 3 amide bonds. The number of rotatable bonds is 5. The van der Waals surface area contributed by atoms with Crippen LogP contribution in [0.15, 0.2) is 18.2 Å². The number of hydrogen-bond donors (Lipinski definition) is 4. The Hall–Kier alpha value is -1.99. The fourth-order valence-electron chi connectivity index (χ4n) is 1.43. The standard InChI is InChI=1S/C12H18ClN5O2/c1-18(2)12(20)16-6-5-15-11(19)9-7-8(13)3-4-10(9)17-14/h3-4,7,17H,5-6,14H2,1-2H3,(H,15,19)(H,16,20). The summed E-state index contributed by atoms with van der Waals surface area (Å²) in [6.45, 7) is 0.629. The number of nitrogens with zero attached hydrogens (tertiary/aromatic N) is 1. The van der Waals surface area contributed by atoms with Gasteiger partial charge in [0.05, 0.1) is 11.3 Å². The first-order valence-electron chi connectivity index (χ1n) is 5.95. The summed E-state index contributed by atoms with van der Waals surface area (Å²) in [5.41, 5.74) is 3.25. The molecule has 0 atom stereocenters. The highest BCUT2D eigenvalue weighted by Gasteiger charge is 2.11. The molecule has 0 saturated heterocycles. The molecule has 5 N–H and O–H groups in total. The lowest BCUT2D eigenvalue weighted by Crippen LogP contribution is -2.39. The molecule has 0 fully saturated rings. The quantitative estimate of drug-likeness (QED) is 0.364. The Labute approximate surface area is 122 Å². The van der Waals surface area contributed by atoms with Gasteiger partial charge in [0.15, 0.2) is 0 Å². The van der Waals surface area contributed by atoms with Crippen molar-refractivity contribution < 1.29 is 9.59 Å². The normalized spacial score (nSPS) is 9.80. The number of carbonyl (C=O) groups is 2. The first-order valence-corrected chi connectivity index (χ1v) is 6.33. The zero-order valence-corrected chi connectivity index (χ0v) is 12.1. The van der Waals surface area contributed by atoms with Crippen LogP contribution in [0.5, 0.6) is 0 Å². The fraction of sp³-hybridized carbons (Fsp3) is 0.333. The summed E-state index contributed by atoms with van der Waals surface area (Å²) in [7, 11) is 3.28. The van der Waals surface area contributed by atoms with E-state index >= 15 is 0 Å². The first kappa shape index (κ1) is 16.1. The largest absolute Gasteiger partial charge is 0.350 e. The predicted molar refractivity (Wildman–Crippen MR) is 78.7 cm³/mol. The molecule has 20 heavy (non-hydrogen) atoms. The van der Waals surface area contributed by atoms with E-state index in [1.165, 1.54) is 11.0 Å². The molecule has 0 aliphatic carbocycles. The van der Waals surface area contributed by atoms with Gasteiger partial charge in [-0.3, -0.25) is 10.6 Å². The number of benzene rings is 1. The van der Waals surface area contributed by atoms with Gasteiger partial charge in [-0.15, -0.1) is 0 Å². The van der Waals surface area contributed by atoms with Crippen molar-refractivity contribution in [3.8, 4) is 0 Å². The van der Waals surface area contributed by atoms with E-state index in [4.69, 9.17) is 17.4 Å². The molecule has 0 aliphatic heterocycles. The fourth-order valence-corrected chi connectivity index (χ4v) is 1.60. The van der Waals surface area contributed by atoms with Crippen LogP contribution in [0, 0.1) is 0 Å². The van der Waals surface area contributed by atoms with Crippen molar-refractivity contribution >= 4 is 29.2 Å². The lowest BCUT2D eigenvalue weighted by Gasteiger charge is -2.13. The molecule has 7 nitrogen and oxygen atoms in total. The summed E-state index contributed by atoms with van der Waals surface area (Å²) in [6, 6.07) is 4.55. The smallest absolute Gasteiger partial charge is 0.316 e. The van der Waals surface area contributed by atoms with Crippen molar-refractivity contribution in [2.75, 3.05) is 32.6 Å². The Morgan fingerprint density at radius 2 is 1.90 bits per heavy atom. The first-order chi connectivity index (χ1) is 9.45. The third-order valence-corrected chi connectivity index (χ3v) is 2.71. The summed E-state index contributed by atoms with van der Waals surface area (Å²) >= 11 is 5.84. The van der Waals surface area contributed by atoms with E-state index in [1.54, 1.807) is 26.2 Å². The average Bonchev–Trinajstić information content (AvgIpc) is 2.42. The minimum atomic E-state index is -0.320. The summed E-state index contributed by atoms with van der Waals surface area (Å²) in [5, 5.41) is 5.74. The number of hydrazine groups is 1. The van der Waals surface area contributed by atoms with Gasteiger partial charge in [0.1, 0.15) is 0 Å². The lowest BCUT2D eigenvalue weighted by molar-refractivity contribution is 0.0954. The van der Waals surface area contributed by atoms with Crippen LogP contribution in [0.3, 0.4) is 0 Å². The average molecular weight is 300 g/mol. The molecule has 0 saturated carbocycles. The molecule has 110 valence electrons. The lowest BCUT2D eigenvalue weighted by atomic mass is 10.1. The third-order valence-electron chi connectivity index (χ3n) is 2.47. The molecular weight excluding hydrogens is 282 g/mol. The minimum Gasteiger partial charge on any atom is -0.350 e. The number of urea groups is 1. The van der Waals surface area contributed by atoms with Crippen LogP contribution in [0.25, 0.3) is 0 Å². The van der Waals surface area contributed by atoms with Crippen molar-refractivity contribution in [2.45, 2.75) is 0 Å². The Balaban J connectivity index is 2.51. The number of amides is 3. The third kappa shape index (κ3) is 4.60. The van der Waals surface area contributed by atoms with Gasteiger partial charge in [-0.2, -0.15) is 0 Å². The van der Waals surface area contributed by atoms with Gasteiger partial charge < -0.3 is 21.0 Å². The Morgan fingerprint density at radius 3 is 2.50 bits per heavy atom. The summed E-state index contributed by atoms with van der Waals surface area (Å²) < 4.78 is 0. The monoisotopic (exact) mass is 299 g/mol. The van der Waals surface area contributed by atoms with Gasteiger partial charge in [-0.1, -0.05) is 11.6 Å². The maximum atomic E-state index is 12.0. The van der Waals surface area contributed by atoms with Crippen molar-refractivity contribution in [3.05, 3.63) is 28.8 Å². The highest BCUT2D eigenvalue weighted by Crippen LogP contribution is 2.19. The summed E-state index contributed by atoms with van der Waals surface area (Å²) in [6.07, 6.45) is 0. The molecule has 1 aromatic carbocycles. The Kier molecular flexibility index (Phi) is 6.08. The number of carbonyl (C=O) groups excluding carboxylic acids is 2. The molecule has 8 heteroatoms. The van der Waals surface area contributed by atoms with Crippen molar-refractivity contribution in [3.63, 3.8) is 0 Å². The van der Waals surface area contributed by atoms with E-state index in [0.29, 0.717) is 29.4 Å². The number of hydrogen-bond acceptors (Lipinski definition) is 4. The molecule has 0 aromatic heterocycles. The zero-order chi connectivity index (χ0) is 15.1. The second-order valence-electron chi connectivity index (χ2n) is 4.22. The minimum absolute atomic E-state index is 0.216. The zero-order valence-electron chi connectivity index (χ0n) is 11.4. The number of halogens is 1. The van der Waals surface area contributed by atoms with Gasteiger partial charge >= 0.3 is 6.03 Å². The maximum Gasteiger partial charge on any atom is 0.316 e. The van der Waals surface area contributed by atoms with Crippen LogP contribution >= 0.6 is 11.6 Å². The van der Waals surface area contributed by atoms with Gasteiger partial charge in [0.2, 0.25) is 0 Å². The van der Waals surface area contributed by atoms with Crippen LogP contribution in [0.2, 0.25) is 5.02 Å². The molecule has 0 heterocycles. The van der Waals surface area contributed by atoms with Gasteiger partial charge in [-0.05, 0) is 18.2 Å². The molecule has 0 aliphatic rings. The second kappa shape index (κ2) is 7.56. The van der Waals surface area contributed by atoms with Crippen LogP contribution < -0.4 is 21.9 Å². The Morgan fingerprint density at radius 1 is 1.25 bits per heavy atom. The molecule has 1 rings (SSSR count). The highest BCUT2D eigenvalue weighted by molar-refractivity contribution is 6.31. The van der Waals surface area contributed by atoms with E-state index in [1.807, 2.05) is 0 Å². The van der Waals surface area contributed by atoms with Gasteiger partial charge in [-0.25, -0.2) is 4.79 Å². The van der Waals surface area contributed by atoms with Crippen LogP contribution in [-0.2, 0) is 0 Å². The number of nitrogen functional groups attached to an aromatic ring is 1. The van der Waals surface area contributed by atoms with Gasteiger partial charge in [0, 0.05) is 32.2 Å². The molecule has 0 spiro atoms. The highest BCUT2D eigenvalue weighted by atomic mass is 35.5. The topological polar surface area (TPSA) is 99.5 Å². The number of nitrogens with one attached hydrogen (secondary N) is 3. The van der Waals surface area contributed by atoms with Crippen LogP contribution in [0.1, 0.15) is 10.4 Å².